The fraction of sp³-hybridized carbons (Fsp3) is 0.0909. The van der Waals surface area contributed by atoms with Crippen LogP contribution in [0, 0.1) is 3.57 Å². The minimum Gasteiger partial charge on any atom is -0.266 e. The molecule has 88 valence electrons. The van der Waals surface area contributed by atoms with Crippen molar-refractivity contribution in [3.63, 3.8) is 0 Å². The Kier molecular flexibility index (Phi) is 4.37. The van der Waals surface area contributed by atoms with Crippen LogP contribution in [0.2, 0.25) is 0 Å². The third-order valence-electron chi connectivity index (χ3n) is 2.19. The summed E-state index contributed by atoms with van der Waals surface area (Å²) < 4.78 is 3.76. The number of nitrogens with zero attached hydrogens (tertiary/aromatic N) is 2. The number of halogens is 3. The first-order valence-corrected chi connectivity index (χ1v) is 7.40. The molecule has 0 bridgehead atoms. The number of hydrogen-bond donors (Lipinski definition) is 0. The van der Waals surface area contributed by atoms with Gasteiger partial charge in [-0.2, -0.15) is 5.10 Å². The van der Waals surface area contributed by atoms with Crippen LogP contribution in [-0.4, -0.2) is 9.78 Å². The van der Waals surface area contributed by atoms with Crippen LogP contribution in [0.3, 0.4) is 0 Å². The van der Waals surface area contributed by atoms with Gasteiger partial charge in [-0.15, -0.1) is 0 Å². The van der Waals surface area contributed by atoms with Crippen molar-refractivity contribution in [2.45, 2.75) is 6.54 Å². The normalized spacial score (nSPS) is 10.5. The summed E-state index contributed by atoms with van der Waals surface area (Å²) in [4.78, 5) is 11.9. The monoisotopic (exact) mass is 468 g/mol. The molecular formula is C11H7Br2IN2O. The van der Waals surface area contributed by atoms with Gasteiger partial charge in [0.15, 0.2) is 0 Å². The maximum absolute atomic E-state index is 11.9. The van der Waals surface area contributed by atoms with Crippen molar-refractivity contribution in [1.82, 2.24) is 9.78 Å². The summed E-state index contributed by atoms with van der Waals surface area (Å²) in [6, 6.07) is 8.00. The van der Waals surface area contributed by atoms with Gasteiger partial charge in [-0.05, 0) is 72.1 Å². The van der Waals surface area contributed by atoms with Gasteiger partial charge in [-0.1, -0.05) is 12.1 Å². The van der Waals surface area contributed by atoms with Crippen LogP contribution < -0.4 is 5.56 Å². The molecule has 0 spiro atoms. The highest BCUT2D eigenvalue weighted by molar-refractivity contribution is 14.1. The van der Waals surface area contributed by atoms with Crippen molar-refractivity contribution in [2.75, 3.05) is 0 Å². The summed E-state index contributed by atoms with van der Waals surface area (Å²) in [6.45, 7) is 0.474. The first kappa shape index (κ1) is 13.2. The van der Waals surface area contributed by atoms with Crippen molar-refractivity contribution in [1.29, 1.82) is 0 Å². The third kappa shape index (κ3) is 3.17. The standard InChI is InChI=1S/C11H7Br2IN2O/c12-9-5-15-16(11(17)10(9)13)6-7-1-3-8(14)4-2-7/h1-5H,6H2. The minimum atomic E-state index is -0.141. The van der Waals surface area contributed by atoms with E-state index in [9.17, 15) is 4.79 Å². The Bertz CT molecular complexity index is 595. The Morgan fingerprint density at radius 2 is 1.88 bits per heavy atom. The largest absolute Gasteiger partial charge is 0.282 e. The van der Waals surface area contributed by atoms with Crippen LogP contribution in [0.1, 0.15) is 5.56 Å². The quantitative estimate of drug-likeness (QED) is 0.632. The minimum absolute atomic E-state index is 0.141. The highest BCUT2D eigenvalue weighted by Crippen LogP contribution is 2.16. The summed E-state index contributed by atoms with van der Waals surface area (Å²) in [7, 11) is 0. The molecule has 6 heteroatoms. The fourth-order valence-corrected chi connectivity index (χ4v) is 2.25. The smallest absolute Gasteiger partial charge is 0.266 e. The molecule has 0 unspecified atom stereocenters. The maximum atomic E-state index is 11.9. The highest BCUT2D eigenvalue weighted by atomic mass is 127. The van der Waals surface area contributed by atoms with Gasteiger partial charge in [-0.3, -0.25) is 4.79 Å². The van der Waals surface area contributed by atoms with Gasteiger partial charge in [-0.25, -0.2) is 4.68 Å². The molecule has 0 N–H and O–H groups in total. The molecule has 0 atom stereocenters. The average molecular weight is 470 g/mol. The molecule has 1 heterocycles. The van der Waals surface area contributed by atoms with Crippen molar-refractivity contribution < 1.29 is 0 Å². The van der Waals surface area contributed by atoms with E-state index in [2.05, 4.69) is 59.5 Å². The fourth-order valence-electron chi connectivity index (χ4n) is 1.32. The summed E-state index contributed by atoms with van der Waals surface area (Å²) in [5.41, 5.74) is 0.909. The molecule has 2 aromatic rings. The molecule has 0 saturated carbocycles. The lowest BCUT2D eigenvalue weighted by atomic mass is 10.2. The van der Waals surface area contributed by atoms with E-state index in [0.717, 1.165) is 5.56 Å². The molecule has 0 radical (unpaired) electrons. The van der Waals surface area contributed by atoms with Crippen LogP contribution in [0.15, 0.2) is 44.2 Å². The van der Waals surface area contributed by atoms with Crippen LogP contribution in [0.5, 0.6) is 0 Å². The molecule has 0 saturated heterocycles. The van der Waals surface area contributed by atoms with Gasteiger partial charge < -0.3 is 0 Å². The zero-order chi connectivity index (χ0) is 12.4. The van der Waals surface area contributed by atoms with Gasteiger partial charge in [0, 0.05) is 3.57 Å². The van der Waals surface area contributed by atoms with Gasteiger partial charge in [0.05, 0.1) is 17.2 Å². The molecule has 1 aromatic heterocycles. The zero-order valence-electron chi connectivity index (χ0n) is 8.53. The van der Waals surface area contributed by atoms with Crippen molar-refractivity contribution >= 4 is 54.5 Å². The van der Waals surface area contributed by atoms with Crippen LogP contribution in [0.4, 0.5) is 0 Å². The lowest BCUT2D eigenvalue weighted by Gasteiger charge is -2.05. The van der Waals surface area contributed by atoms with E-state index in [1.807, 2.05) is 24.3 Å². The lowest BCUT2D eigenvalue weighted by molar-refractivity contribution is 0.633. The topological polar surface area (TPSA) is 34.9 Å². The summed E-state index contributed by atoms with van der Waals surface area (Å²) in [6.07, 6.45) is 1.61. The zero-order valence-corrected chi connectivity index (χ0v) is 13.9. The molecule has 0 aliphatic rings. The number of rotatable bonds is 2. The molecule has 1 aromatic carbocycles. The SMILES string of the molecule is O=c1c(Br)c(Br)cnn1Cc1ccc(I)cc1. The summed E-state index contributed by atoms with van der Waals surface area (Å²) >= 11 is 8.73. The molecule has 17 heavy (non-hydrogen) atoms. The van der Waals surface area contributed by atoms with Crippen LogP contribution >= 0.6 is 54.5 Å². The Hall–Kier alpha value is -0.210. The Morgan fingerprint density at radius 3 is 2.53 bits per heavy atom. The van der Waals surface area contributed by atoms with E-state index in [1.54, 1.807) is 6.20 Å². The molecular weight excluding hydrogens is 463 g/mol. The summed E-state index contributed by atoms with van der Waals surface area (Å²) in [5, 5.41) is 4.08. The van der Waals surface area contributed by atoms with E-state index >= 15 is 0 Å². The highest BCUT2D eigenvalue weighted by Gasteiger charge is 2.06. The van der Waals surface area contributed by atoms with Crippen LogP contribution in [0.25, 0.3) is 0 Å². The van der Waals surface area contributed by atoms with Gasteiger partial charge in [0.1, 0.15) is 4.47 Å². The molecule has 0 aliphatic carbocycles. The molecule has 3 nitrogen and oxygen atoms in total. The third-order valence-corrected chi connectivity index (χ3v) is 4.81. The van der Waals surface area contributed by atoms with E-state index < -0.39 is 0 Å². The number of hydrogen-bond acceptors (Lipinski definition) is 2. The molecule has 0 aliphatic heterocycles. The van der Waals surface area contributed by atoms with Gasteiger partial charge in [0.2, 0.25) is 0 Å². The second-order valence-corrected chi connectivity index (χ2v) is 6.29. The lowest BCUT2D eigenvalue weighted by Crippen LogP contribution is -2.24. The summed E-state index contributed by atoms with van der Waals surface area (Å²) in [5.74, 6) is 0. The first-order chi connectivity index (χ1) is 8.08. The molecule has 0 amide bonds. The van der Waals surface area contributed by atoms with Crippen LogP contribution in [-0.2, 0) is 6.54 Å². The van der Waals surface area contributed by atoms with E-state index in [4.69, 9.17) is 0 Å². The van der Waals surface area contributed by atoms with E-state index in [-0.39, 0.29) is 5.56 Å². The number of benzene rings is 1. The second kappa shape index (κ2) is 5.62. The average Bonchev–Trinajstić information content (AvgIpc) is 2.33. The van der Waals surface area contributed by atoms with Gasteiger partial charge >= 0.3 is 0 Å². The van der Waals surface area contributed by atoms with Crippen molar-refractivity contribution in [3.8, 4) is 0 Å². The predicted octanol–water partition coefficient (Wildman–Crippen LogP) is 3.42. The Morgan fingerprint density at radius 1 is 1.24 bits per heavy atom. The van der Waals surface area contributed by atoms with Crippen molar-refractivity contribution in [3.05, 3.63) is 58.9 Å². The van der Waals surface area contributed by atoms with Gasteiger partial charge in [0.25, 0.3) is 5.56 Å². The Balaban J connectivity index is 2.34. The maximum Gasteiger partial charge on any atom is 0.282 e. The first-order valence-electron chi connectivity index (χ1n) is 4.73. The molecule has 0 fully saturated rings. The number of aromatic nitrogens is 2. The predicted molar refractivity (Wildman–Crippen MR) is 82.2 cm³/mol. The Labute approximate surface area is 129 Å². The molecule has 2 rings (SSSR count). The second-order valence-electron chi connectivity index (χ2n) is 3.40. The van der Waals surface area contributed by atoms with E-state index in [1.165, 1.54) is 8.25 Å². The van der Waals surface area contributed by atoms with Crippen molar-refractivity contribution in [2.24, 2.45) is 0 Å². The van der Waals surface area contributed by atoms with E-state index in [0.29, 0.717) is 15.5 Å².